The van der Waals surface area contributed by atoms with Gasteiger partial charge < -0.3 is 15.8 Å². The van der Waals surface area contributed by atoms with Crippen LogP contribution in [0.2, 0.25) is 0 Å². The maximum atomic E-state index is 13.0. The van der Waals surface area contributed by atoms with Crippen LogP contribution < -0.4 is 15.8 Å². The molecular weight excluding hydrogens is 247 g/mol. The maximum Gasteiger partial charge on any atom is 0.259 e. The monoisotopic (exact) mass is 260 g/mol. The van der Waals surface area contributed by atoms with E-state index >= 15 is 0 Å². The summed E-state index contributed by atoms with van der Waals surface area (Å²) in [5, 5.41) is 2.59. The van der Waals surface area contributed by atoms with Crippen LogP contribution in [-0.2, 0) is 0 Å². The first-order chi connectivity index (χ1) is 9.11. The lowest BCUT2D eigenvalue weighted by Crippen LogP contribution is -2.14. The summed E-state index contributed by atoms with van der Waals surface area (Å²) in [5.41, 5.74) is 6.76. The Morgan fingerprint density at radius 2 is 2.00 bits per heavy atom. The van der Waals surface area contributed by atoms with E-state index in [2.05, 4.69) is 5.32 Å². The SMILES string of the molecule is COc1c(N)cccc1C(=O)Nc1cccc(F)c1. The van der Waals surface area contributed by atoms with Crippen molar-refractivity contribution in [2.24, 2.45) is 0 Å². The smallest absolute Gasteiger partial charge is 0.259 e. The number of benzene rings is 2. The number of hydrogen-bond acceptors (Lipinski definition) is 3. The summed E-state index contributed by atoms with van der Waals surface area (Å²) < 4.78 is 18.1. The molecule has 19 heavy (non-hydrogen) atoms. The predicted molar refractivity (Wildman–Crippen MR) is 71.8 cm³/mol. The molecule has 3 N–H and O–H groups in total. The van der Waals surface area contributed by atoms with Crippen molar-refractivity contribution in [3.05, 3.63) is 53.8 Å². The van der Waals surface area contributed by atoms with E-state index in [1.807, 2.05) is 0 Å². The molecule has 0 bridgehead atoms. The molecule has 98 valence electrons. The van der Waals surface area contributed by atoms with E-state index in [4.69, 9.17) is 10.5 Å². The Balaban J connectivity index is 2.28. The minimum atomic E-state index is -0.419. The van der Waals surface area contributed by atoms with Gasteiger partial charge in [0.15, 0.2) is 5.75 Å². The average Bonchev–Trinajstić information content (AvgIpc) is 2.38. The number of rotatable bonds is 3. The maximum absolute atomic E-state index is 13.0. The number of ether oxygens (including phenoxy) is 1. The number of halogens is 1. The topological polar surface area (TPSA) is 64.3 Å². The number of nitrogen functional groups attached to an aromatic ring is 1. The summed E-state index contributed by atoms with van der Waals surface area (Å²) in [6.07, 6.45) is 0. The van der Waals surface area contributed by atoms with Gasteiger partial charge in [0.25, 0.3) is 5.91 Å². The van der Waals surface area contributed by atoms with Gasteiger partial charge in [0.1, 0.15) is 5.82 Å². The molecule has 2 rings (SSSR count). The first-order valence-corrected chi connectivity index (χ1v) is 5.61. The van der Waals surface area contributed by atoms with E-state index in [-0.39, 0.29) is 0 Å². The first-order valence-electron chi connectivity index (χ1n) is 5.61. The van der Waals surface area contributed by atoms with Gasteiger partial charge in [-0.1, -0.05) is 12.1 Å². The van der Waals surface area contributed by atoms with Gasteiger partial charge in [0.05, 0.1) is 18.4 Å². The van der Waals surface area contributed by atoms with E-state index in [1.54, 1.807) is 24.3 Å². The summed E-state index contributed by atoms with van der Waals surface area (Å²) in [5.74, 6) is -0.525. The molecule has 0 aliphatic rings. The largest absolute Gasteiger partial charge is 0.494 e. The molecule has 0 fully saturated rings. The summed E-state index contributed by atoms with van der Waals surface area (Å²) in [6, 6.07) is 10.5. The minimum absolute atomic E-state index is 0.298. The fourth-order valence-corrected chi connectivity index (χ4v) is 1.73. The molecule has 2 aromatic carbocycles. The Bertz CT molecular complexity index is 614. The van der Waals surface area contributed by atoms with Crippen LogP contribution in [-0.4, -0.2) is 13.0 Å². The van der Waals surface area contributed by atoms with Gasteiger partial charge >= 0.3 is 0 Å². The van der Waals surface area contributed by atoms with E-state index < -0.39 is 11.7 Å². The predicted octanol–water partition coefficient (Wildman–Crippen LogP) is 2.67. The zero-order valence-electron chi connectivity index (χ0n) is 10.3. The molecule has 0 spiro atoms. The third-order valence-electron chi connectivity index (χ3n) is 2.58. The van der Waals surface area contributed by atoms with Crippen LogP contribution in [0.25, 0.3) is 0 Å². The third-order valence-corrected chi connectivity index (χ3v) is 2.58. The fraction of sp³-hybridized carbons (Fsp3) is 0.0714. The molecule has 0 aliphatic carbocycles. The molecule has 4 nitrogen and oxygen atoms in total. The highest BCUT2D eigenvalue weighted by molar-refractivity contribution is 6.07. The molecule has 0 unspecified atom stereocenters. The highest BCUT2D eigenvalue weighted by Crippen LogP contribution is 2.26. The summed E-state index contributed by atoms with van der Waals surface area (Å²) in [4.78, 5) is 12.1. The van der Waals surface area contributed by atoms with E-state index in [9.17, 15) is 9.18 Å². The first kappa shape index (κ1) is 12.9. The van der Waals surface area contributed by atoms with Crippen molar-refractivity contribution in [1.82, 2.24) is 0 Å². The number of nitrogens with two attached hydrogens (primary N) is 1. The van der Waals surface area contributed by atoms with Crippen molar-refractivity contribution in [1.29, 1.82) is 0 Å². The molecule has 2 aromatic rings. The van der Waals surface area contributed by atoms with Crippen LogP contribution in [0.4, 0.5) is 15.8 Å². The van der Waals surface area contributed by atoms with Crippen molar-refractivity contribution in [2.45, 2.75) is 0 Å². The summed E-state index contributed by atoms with van der Waals surface area (Å²) in [6.45, 7) is 0. The van der Waals surface area contributed by atoms with Crippen LogP contribution >= 0.6 is 0 Å². The standard InChI is InChI=1S/C14H13FN2O2/c1-19-13-11(6-3-7-12(13)16)14(18)17-10-5-2-4-9(15)8-10/h2-8H,16H2,1H3,(H,17,18). The van der Waals surface area contributed by atoms with Gasteiger partial charge in [-0.15, -0.1) is 0 Å². The number of carbonyl (C=O) groups excluding carboxylic acids is 1. The van der Waals surface area contributed by atoms with Crippen molar-refractivity contribution >= 4 is 17.3 Å². The van der Waals surface area contributed by atoms with Gasteiger partial charge in [0.2, 0.25) is 0 Å². The van der Waals surface area contributed by atoms with Crippen molar-refractivity contribution in [3.63, 3.8) is 0 Å². The Labute approximate surface area is 110 Å². The molecular formula is C14H13FN2O2. The highest BCUT2D eigenvalue weighted by atomic mass is 19.1. The molecule has 0 atom stereocenters. The van der Waals surface area contributed by atoms with Crippen molar-refractivity contribution in [3.8, 4) is 5.75 Å². The van der Waals surface area contributed by atoms with Gasteiger partial charge in [-0.2, -0.15) is 0 Å². The van der Waals surface area contributed by atoms with Gasteiger partial charge in [-0.05, 0) is 30.3 Å². The van der Waals surface area contributed by atoms with E-state index in [0.717, 1.165) is 0 Å². The van der Waals surface area contributed by atoms with Crippen LogP contribution in [0.3, 0.4) is 0 Å². The third kappa shape index (κ3) is 2.82. The second-order valence-corrected chi connectivity index (χ2v) is 3.89. The zero-order chi connectivity index (χ0) is 13.8. The molecule has 0 saturated heterocycles. The van der Waals surface area contributed by atoms with E-state index in [1.165, 1.54) is 25.3 Å². The molecule has 0 aromatic heterocycles. The fourth-order valence-electron chi connectivity index (χ4n) is 1.73. The van der Waals surface area contributed by atoms with Crippen molar-refractivity contribution < 1.29 is 13.9 Å². The lowest BCUT2D eigenvalue weighted by atomic mass is 10.1. The molecule has 0 aliphatic heterocycles. The Kier molecular flexibility index (Phi) is 3.66. The van der Waals surface area contributed by atoms with Crippen LogP contribution in [0.1, 0.15) is 10.4 Å². The Hall–Kier alpha value is -2.56. The number of hydrogen-bond donors (Lipinski definition) is 2. The van der Waals surface area contributed by atoms with Gasteiger partial charge in [0, 0.05) is 5.69 Å². The zero-order valence-corrected chi connectivity index (χ0v) is 10.3. The van der Waals surface area contributed by atoms with Crippen LogP contribution in [0.15, 0.2) is 42.5 Å². The molecule has 0 saturated carbocycles. The number of methoxy groups -OCH3 is 1. The number of amides is 1. The lowest BCUT2D eigenvalue weighted by Gasteiger charge is -2.11. The quantitative estimate of drug-likeness (QED) is 0.834. The number of anilines is 2. The molecule has 0 radical (unpaired) electrons. The van der Waals surface area contributed by atoms with Gasteiger partial charge in [-0.3, -0.25) is 4.79 Å². The average molecular weight is 260 g/mol. The van der Waals surface area contributed by atoms with Crippen molar-refractivity contribution in [2.75, 3.05) is 18.2 Å². The normalized spacial score (nSPS) is 10.0. The highest BCUT2D eigenvalue weighted by Gasteiger charge is 2.14. The molecule has 1 amide bonds. The number of para-hydroxylation sites is 1. The lowest BCUT2D eigenvalue weighted by molar-refractivity contribution is 0.102. The number of nitrogens with one attached hydrogen (secondary N) is 1. The minimum Gasteiger partial charge on any atom is -0.494 e. The Morgan fingerprint density at radius 1 is 1.26 bits per heavy atom. The summed E-state index contributed by atoms with van der Waals surface area (Å²) >= 11 is 0. The summed E-state index contributed by atoms with van der Waals surface area (Å²) in [7, 11) is 1.44. The molecule has 5 heteroatoms. The van der Waals surface area contributed by atoms with Crippen LogP contribution in [0.5, 0.6) is 5.75 Å². The van der Waals surface area contributed by atoms with Crippen LogP contribution in [0, 0.1) is 5.82 Å². The number of carbonyl (C=O) groups is 1. The Morgan fingerprint density at radius 3 is 2.68 bits per heavy atom. The second-order valence-electron chi connectivity index (χ2n) is 3.89. The van der Waals surface area contributed by atoms with Gasteiger partial charge in [-0.25, -0.2) is 4.39 Å². The van der Waals surface area contributed by atoms with E-state index in [0.29, 0.717) is 22.7 Å². The molecule has 0 heterocycles. The second kappa shape index (κ2) is 5.39.